The molecule has 0 radical (unpaired) electrons. The number of aromatic nitrogens is 3. The van der Waals surface area contributed by atoms with Crippen LogP contribution in [0.25, 0.3) is 0 Å². The molecular weight excluding hydrogens is 434 g/mol. The van der Waals surface area contributed by atoms with Gasteiger partial charge in [0.2, 0.25) is 11.1 Å². The van der Waals surface area contributed by atoms with Gasteiger partial charge in [-0.1, -0.05) is 61.7 Å². The summed E-state index contributed by atoms with van der Waals surface area (Å²) < 4.78 is 0. The van der Waals surface area contributed by atoms with Crippen LogP contribution in [0.4, 0.5) is 11.4 Å². The van der Waals surface area contributed by atoms with Gasteiger partial charge in [-0.3, -0.25) is 14.7 Å². The van der Waals surface area contributed by atoms with Gasteiger partial charge in [-0.15, -0.1) is 5.10 Å². The zero-order chi connectivity index (χ0) is 23.0. The lowest BCUT2D eigenvalue weighted by atomic mass is 10.0. The van der Waals surface area contributed by atoms with E-state index in [0.717, 1.165) is 30.1 Å². The summed E-state index contributed by atoms with van der Waals surface area (Å²) in [5, 5.41) is 13.5. The predicted octanol–water partition coefficient (Wildman–Crippen LogP) is 5.22. The summed E-state index contributed by atoms with van der Waals surface area (Å²) in [5.41, 5.74) is 2.65. The molecular formula is C25H29N5O2S. The molecule has 0 atom stereocenters. The second kappa shape index (κ2) is 11.1. The highest BCUT2D eigenvalue weighted by Gasteiger charge is 2.17. The maximum absolute atomic E-state index is 12.8. The normalized spacial score (nSPS) is 13.7. The lowest BCUT2D eigenvalue weighted by molar-refractivity contribution is -0.113. The van der Waals surface area contributed by atoms with Crippen LogP contribution in [0.1, 0.15) is 53.8 Å². The number of para-hydroxylation sites is 1. The fourth-order valence-electron chi connectivity index (χ4n) is 4.12. The largest absolute Gasteiger partial charge is 0.325 e. The molecule has 8 heteroatoms. The molecule has 1 saturated carbocycles. The number of anilines is 2. The molecule has 33 heavy (non-hydrogen) atoms. The number of carbonyl (C=O) groups excluding carboxylic acids is 2. The molecule has 1 aromatic heterocycles. The molecule has 2 aromatic carbocycles. The predicted molar refractivity (Wildman–Crippen MR) is 132 cm³/mol. The molecule has 0 unspecified atom stereocenters. The zero-order valence-electron chi connectivity index (χ0n) is 18.8. The summed E-state index contributed by atoms with van der Waals surface area (Å²) >= 11 is 1.28. The molecule has 3 N–H and O–H groups in total. The van der Waals surface area contributed by atoms with E-state index in [1.165, 1.54) is 37.4 Å². The Balaban J connectivity index is 1.29. The molecule has 0 aliphatic heterocycles. The van der Waals surface area contributed by atoms with E-state index in [9.17, 15) is 9.59 Å². The number of rotatable bonds is 9. The topological polar surface area (TPSA) is 99.8 Å². The summed E-state index contributed by atoms with van der Waals surface area (Å²) in [6.45, 7) is 1.97. The number of hydrogen-bond donors (Lipinski definition) is 3. The molecule has 1 heterocycles. The molecule has 2 amide bonds. The van der Waals surface area contributed by atoms with Crippen molar-refractivity contribution in [2.24, 2.45) is 5.92 Å². The van der Waals surface area contributed by atoms with Crippen LogP contribution in [-0.2, 0) is 11.2 Å². The molecule has 1 fully saturated rings. The highest BCUT2D eigenvalue weighted by atomic mass is 32.2. The summed E-state index contributed by atoms with van der Waals surface area (Å²) in [7, 11) is 0. The lowest BCUT2D eigenvalue weighted by Crippen LogP contribution is -2.19. The number of hydrogen-bond acceptors (Lipinski definition) is 5. The van der Waals surface area contributed by atoms with Crippen molar-refractivity contribution in [2.75, 3.05) is 16.4 Å². The summed E-state index contributed by atoms with van der Waals surface area (Å²) in [5.74, 6) is 1.36. The van der Waals surface area contributed by atoms with Gasteiger partial charge >= 0.3 is 0 Å². The molecule has 1 aliphatic carbocycles. The SMILES string of the molecule is Cc1cccc(NC(=O)c2ccccc2NC(=O)CSc2n[nH]c(CCC3CCCC3)n2)c1. The number of H-pyrrole nitrogens is 1. The summed E-state index contributed by atoms with van der Waals surface area (Å²) in [6.07, 6.45) is 7.36. The highest BCUT2D eigenvalue weighted by molar-refractivity contribution is 7.99. The average molecular weight is 464 g/mol. The van der Waals surface area contributed by atoms with Crippen molar-refractivity contribution in [3.63, 3.8) is 0 Å². The van der Waals surface area contributed by atoms with Crippen LogP contribution in [0.3, 0.4) is 0 Å². The molecule has 3 aromatic rings. The van der Waals surface area contributed by atoms with Crippen LogP contribution in [0.5, 0.6) is 0 Å². The van der Waals surface area contributed by atoms with Gasteiger partial charge in [0, 0.05) is 12.1 Å². The number of benzene rings is 2. The van der Waals surface area contributed by atoms with E-state index in [1.807, 2.05) is 31.2 Å². The van der Waals surface area contributed by atoms with E-state index in [-0.39, 0.29) is 17.6 Å². The minimum atomic E-state index is -0.273. The molecule has 1 aliphatic rings. The Morgan fingerprint density at radius 3 is 2.73 bits per heavy atom. The number of aromatic amines is 1. The van der Waals surface area contributed by atoms with Crippen LogP contribution < -0.4 is 10.6 Å². The third kappa shape index (κ3) is 6.68. The van der Waals surface area contributed by atoms with Gasteiger partial charge in [0.1, 0.15) is 5.82 Å². The smallest absolute Gasteiger partial charge is 0.257 e. The molecule has 7 nitrogen and oxygen atoms in total. The molecule has 4 rings (SSSR count). The fourth-order valence-corrected chi connectivity index (χ4v) is 4.74. The lowest BCUT2D eigenvalue weighted by Gasteiger charge is -2.11. The maximum atomic E-state index is 12.8. The first-order valence-corrected chi connectivity index (χ1v) is 12.4. The van der Waals surface area contributed by atoms with Crippen LogP contribution in [0.15, 0.2) is 53.7 Å². The second-order valence-corrected chi connectivity index (χ2v) is 9.40. The highest BCUT2D eigenvalue weighted by Crippen LogP contribution is 2.28. The van der Waals surface area contributed by atoms with E-state index in [4.69, 9.17) is 0 Å². The first-order chi connectivity index (χ1) is 16.1. The average Bonchev–Trinajstić information content (AvgIpc) is 3.49. The zero-order valence-corrected chi connectivity index (χ0v) is 19.6. The number of aryl methyl sites for hydroxylation is 2. The Kier molecular flexibility index (Phi) is 7.78. The van der Waals surface area contributed by atoms with Crippen molar-refractivity contribution in [3.05, 3.63) is 65.5 Å². The number of nitrogens with one attached hydrogen (secondary N) is 3. The van der Waals surface area contributed by atoms with Crippen LogP contribution in [0.2, 0.25) is 0 Å². The third-order valence-electron chi connectivity index (χ3n) is 5.83. The molecule has 172 valence electrons. The Bertz CT molecular complexity index is 1110. The minimum Gasteiger partial charge on any atom is -0.325 e. The number of thioether (sulfide) groups is 1. The Morgan fingerprint density at radius 1 is 1.09 bits per heavy atom. The van der Waals surface area contributed by atoms with E-state index < -0.39 is 0 Å². The van der Waals surface area contributed by atoms with E-state index in [0.29, 0.717) is 22.1 Å². The van der Waals surface area contributed by atoms with Gasteiger partial charge in [-0.2, -0.15) is 0 Å². The molecule has 0 spiro atoms. The van der Waals surface area contributed by atoms with Gasteiger partial charge in [0.15, 0.2) is 0 Å². The van der Waals surface area contributed by atoms with Gasteiger partial charge in [0.05, 0.1) is 17.0 Å². The summed E-state index contributed by atoms with van der Waals surface area (Å²) in [4.78, 5) is 29.8. The van der Waals surface area contributed by atoms with E-state index in [2.05, 4.69) is 25.8 Å². The minimum absolute atomic E-state index is 0.160. The first kappa shape index (κ1) is 23.0. The number of carbonyl (C=O) groups is 2. The van der Waals surface area contributed by atoms with Gasteiger partial charge in [-0.05, 0) is 49.1 Å². The quantitative estimate of drug-likeness (QED) is 0.378. The van der Waals surface area contributed by atoms with Gasteiger partial charge in [0.25, 0.3) is 5.91 Å². The van der Waals surface area contributed by atoms with E-state index >= 15 is 0 Å². The molecule has 0 saturated heterocycles. The standard InChI is InChI=1S/C25H29N5O2S/c1-17-7-6-10-19(15-17)26-24(32)20-11-4-5-12-21(20)27-23(31)16-33-25-28-22(29-30-25)14-13-18-8-2-3-9-18/h4-7,10-12,15,18H,2-3,8-9,13-14,16H2,1H3,(H,26,32)(H,27,31)(H,28,29,30). The van der Waals surface area contributed by atoms with Gasteiger partial charge in [-0.25, -0.2) is 4.98 Å². The fraction of sp³-hybridized carbons (Fsp3) is 0.360. The van der Waals surface area contributed by atoms with Crippen LogP contribution >= 0.6 is 11.8 Å². The van der Waals surface area contributed by atoms with Crippen molar-refractivity contribution < 1.29 is 9.59 Å². The van der Waals surface area contributed by atoms with Crippen LogP contribution in [-0.4, -0.2) is 32.7 Å². The Hall–Kier alpha value is -3.13. The number of amides is 2. The Morgan fingerprint density at radius 2 is 1.91 bits per heavy atom. The third-order valence-corrected chi connectivity index (χ3v) is 6.68. The summed E-state index contributed by atoms with van der Waals surface area (Å²) in [6, 6.07) is 14.6. The molecule has 0 bridgehead atoms. The van der Waals surface area contributed by atoms with Crippen LogP contribution in [0, 0.1) is 12.8 Å². The maximum Gasteiger partial charge on any atom is 0.257 e. The first-order valence-electron chi connectivity index (χ1n) is 11.4. The van der Waals surface area contributed by atoms with Crippen molar-refractivity contribution in [3.8, 4) is 0 Å². The van der Waals surface area contributed by atoms with Crippen molar-refractivity contribution in [1.29, 1.82) is 0 Å². The monoisotopic (exact) mass is 463 g/mol. The van der Waals surface area contributed by atoms with E-state index in [1.54, 1.807) is 24.3 Å². The Labute approximate surface area is 198 Å². The van der Waals surface area contributed by atoms with Crippen molar-refractivity contribution >= 4 is 35.0 Å². The van der Waals surface area contributed by atoms with Gasteiger partial charge < -0.3 is 10.6 Å². The second-order valence-electron chi connectivity index (χ2n) is 8.46. The van der Waals surface area contributed by atoms with Crippen molar-refractivity contribution in [1.82, 2.24) is 15.2 Å². The van der Waals surface area contributed by atoms with Crippen molar-refractivity contribution in [2.45, 2.75) is 50.6 Å². The number of nitrogens with zero attached hydrogens (tertiary/aromatic N) is 2.